The van der Waals surface area contributed by atoms with Gasteiger partial charge < -0.3 is 0 Å². The van der Waals surface area contributed by atoms with Crippen molar-refractivity contribution in [3.63, 3.8) is 0 Å². The molecule has 0 spiro atoms. The fourth-order valence-electron chi connectivity index (χ4n) is 5.92. The van der Waals surface area contributed by atoms with E-state index in [1.165, 1.54) is 81.9 Å². The van der Waals surface area contributed by atoms with Gasteiger partial charge in [-0.2, -0.15) is 0 Å². The van der Waals surface area contributed by atoms with Gasteiger partial charge in [0.1, 0.15) is 0 Å². The molecule has 0 fully saturated rings. The van der Waals surface area contributed by atoms with E-state index in [0.29, 0.717) is 27.5 Å². The monoisotopic (exact) mass is 764 g/mol. The summed E-state index contributed by atoms with van der Waals surface area (Å²) in [4.78, 5) is 34.1. The van der Waals surface area contributed by atoms with E-state index in [-0.39, 0.29) is 11.6 Å². The van der Waals surface area contributed by atoms with Gasteiger partial charge in [-0.25, -0.2) is 0 Å². The Morgan fingerprint density at radius 1 is 0.619 bits per heavy atom. The van der Waals surface area contributed by atoms with Crippen LogP contribution in [-0.2, 0) is 6.42 Å². The first-order valence-corrected chi connectivity index (χ1v) is 20.2. The van der Waals surface area contributed by atoms with E-state index < -0.39 is 0 Å². The highest BCUT2D eigenvalue weighted by molar-refractivity contribution is 9.11. The van der Waals surface area contributed by atoms with Crippen LogP contribution in [0.2, 0.25) is 0 Å². The predicted octanol–water partition coefficient (Wildman–Crippen LogP) is 13.4. The van der Waals surface area contributed by atoms with Crippen LogP contribution in [0.4, 0.5) is 0 Å². The summed E-state index contributed by atoms with van der Waals surface area (Å²) in [6.07, 6.45) is 16.5. The molecule has 0 aliphatic heterocycles. The van der Waals surface area contributed by atoms with Crippen molar-refractivity contribution < 1.29 is 9.59 Å². The number of carbonyl (C=O) groups excluding carboxylic acids is 2. The van der Waals surface area contributed by atoms with Gasteiger partial charge >= 0.3 is 0 Å². The molecule has 0 saturated carbocycles. The summed E-state index contributed by atoms with van der Waals surface area (Å²) in [7, 11) is 0. The summed E-state index contributed by atoms with van der Waals surface area (Å²) in [5, 5.41) is 0. The Labute approximate surface area is 283 Å². The van der Waals surface area contributed by atoms with Gasteiger partial charge in [-0.3, -0.25) is 9.59 Å². The van der Waals surface area contributed by atoms with Crippen LogP contribution in [-0.4, -0.2) is 11.6 Å². The Kier molecular flexibility index (Phi) is 11.9. The average Bonchev–Trinajstić information content (AvgIpc) is 3.77. The van der Waals surface area contributed by atoms with Crippen molar-refractivity contribution in [1.82, 2.24) is 0 Å². The van der Waals surface area contributed by atoms with Gasteiger partial charge in [0, 0.05) is 20.2 Å². The Morgan fingerprint density at radius 3 is 1.69 bits per heavy atom. The van der Waals surface area contributed by atoms with Crippen LogP contribution in [0.15, 0.2) is 37.9 Å². The molecule has 0 aromatic carbocycles. The third kappa shape index (κ3) is 7.48. The van der Waals surface area contributed by atoms with Gasteiger partial charge in [-0.1, -0.05) is 90.9 Å². The first-order valence-electron chi connectivity index (χ1n) is 15.3. The standard InChI is InChI=1S/C34H38Br2O2S4/c1-3-5-7-9-10-12-14-21(13-11-8-6-4-2)19-22-20-23-30(37)28-29(31(38)32(23)39-22)34(25-16-18-27(36)41-25)42-33(28)24-15-17-26(35)40-24/h15-18,20-21H,3-14,19H2,1-2H3. The van der Waals surface area contributed by atoms with E-state index in [1.807, 2.05) is 24.3 Å². The van der Waals surface area contributed by atoms with Crippen LogP contribution in [0.1, 0.15) is 127 Å². The number of halogens is 2. The van der Waals surface area contributed by atoms with E-state index in [4.69, 9.17) is 0 Å². The van der Waals surface area contributed by atoms with Crippen molar-refractivity contribution in [3.05, 3.63) is 64.3 Å². The minimum Gasteiger partial charge on any atom is -0.288 e. The zero-order chi connectivity index (χ0) is 29.6. The Balaban J connectivity index is 1.42. The molecule has 1 unspecified atom stereocenters. The van der Waals surface area contributed by atoms with Gasteiger partial charge in [-0.05, 0) is 74.5 Å². The van der Waals surface area contributed by atoms with E-state index >= 15 is 0 Å². The normalized spacial score (nSPS) is 13.5. The average molecular weight is 767 g/mol. The highest BCUT2D eigenvalue weighted by atomic mass is 79.9. The topological polar surface area (TPSA) is 34.1 Å². The summed E-state index contributed by atoms with van der Waals surface area (Å²) >= 11 is 13.5. The molecular formula is C34H38Br2O2S4. The summed E-state index contributed by atoms with van der Waals surface area (Å²) in [5.41, 5.74) is 1.81. The van der Waals surface area contributed by atoms with Crippen molar-refractivity contribution in [2.45, 2.75) is 97.3 Å². The molecule has 4 heterocycles. The third-order valence-corrected chi connectivity index (χ3v) is 14.1. The van der Waals surface area contributed by atoms with Crippen molar-refractivity contribution in [2.24, 2.45) is 5.92 Å². The van der Waals surface area contributed by atoms with Crippen LogP contribution in [0, 0.1) is 5.92 Å². The van der Waals surface area contributed by atoms with Gasteiger partial charge in [0.05, 0.1) is 33.3 Å². The lowest BCUT2D eigenvalue weighted by molar-refractivity contribution is 0.0984. The molecule has 0 bridgehead atoms. The Hall–Kier alpha value is -0.900. The van der Waals surface area contributed by atoms with E-state index in [0.717, 1.165) is 33.5 Å². The molecule has 0 saturated heterocycles. The molecular weight excluding hydrogens is 728 g/mol. The molecule has 2 nitrogen and oxygen atoms in total. The molecule has 0 radical (unpaired) electrons. The molecule has 0 amide bonds. The number of ketones is 2. The zero-order valence-corrected chi connectivity index (χ0v) is 30.8. The largest absolute Gasteiger partial charge is 0.288 e. The van der Waals surface area contributed by atoms with Crippen molar-refractivity contribution in [2.75, 3.05) is 0 Å². The molecule has 0 N–H and O–H groups in total. The third-order valence-electron chi connectivity index (χ3n) is 8.11. The maximum Gasteiger partial charge on any atom is 0.205 e. The van der Waals surface area contributed by atoms with E-state index in [2.05, 4.69) is 51.8 Å². The number of hydrogen-bond donors (Lipinski definition) is 0. The number of hydrogen-bond acceptors (Lipinski definition) is 6. The lowest BCUT2D eigenvalue weighted by Gasteiger charge is -2.16. The number of carbonyl (C=O) groups is 2. The van der Waals surface area contributed by atoms with Crippen LogP contribution >= 0.6 is 77.2 Å². The molecule has 1 atom stereocenters. The maximum atomic E-state index is 14.2. The summed E-state index contributed by atoms with van der Waals surface area (Å²) in [6.45, 7) is 4.54. The van der Waals surface area contributed by atoms with Crippen LogP contribution in [0.25, 0.3) is 19.5 Å². The summed E-state index contributed by atoms with van der Waals surface area (Å²) in [6, 6.07) is 10.2. The minimum atomic E-state index is 0.00941. The molecule has 5 rings (SSSR count). The van der Waals surface area contributed by atoms with Crippen molar-refractivity contribution in [3.8, 4) is 19.5 Å². The van der Waals surface area contributed by atoms with E-state index in [9.17, 15) is 9.59 Å². The fraction of sp³-hybridized carbons (Fsp3) is 0.471. The second-order valence-corrected chi connectivity index (χ2v) is 18.4. The molecule has 42 heavy (non-hydrogen) atoms. The molecule has 1 aliphatic rings. The summed E-state index contributed by atoms with van der Waals surface area (Å²) in [5.74, 6) is 0.643. The lowest BCUT2D eigenvalue weighted by atomic mass is 9.87. The van der Waals surface area contributed by atoms with Crippen LogP contribution in [0.3, 0.4) is 0 Å². The minimum absolute atomic E-state index is 0.00941. The molecule has 8 heteroatoms. The Bertz CT molecular complexity index is 1430. The van der Waals surface area contributed by atoms with Crippen molar-refractivity contribution >= 4 is 88.8 Å². The SMILES string of the molecule is CCCCCCCCC(CCCCCC)Cc1cc2c(s1)C(=O)c1c(-c3ccc(Br)s3)sc(-c3ccc(Br)s3)c1C2=O. The maximum absolute atomic E-state index is 14.2. The van der Waals surface area contributed by atoms with Crippen LogP contribution in [0.5, 0.6) is 0 Å². The van der Waals surface area contributed by atoms with Crippen LogP contribution < -0.4 is 0 Å². The Morgan fingerprint density at radius 2 is 1.14 bits per heavy atom. The first kappa shape index (κ1) is 32.5. The van der Waals surface area contributed by atoms with Gasteiger partial charge in [0.15, 0.2) is 5.78 Å². The summed E-state index contributed by atoms with van der Waals surface area (Å²) < 4.78 is 2.03. The van der Waals surface area contributed by atoms with Gasteiger partial charge in [0.2, 0.25) is 5.78 Å². The van der Waals surface area contributed by atoms with Crippen molar-refractivity contribution in [1.29, 1.82) is 0 Å². The fourth-order valence-corrected chi connectivity index (χ4v) is 11.4. The number of unbranched alkanes of at least 4 members (excludes halogenated alkanes) is 8. The molecule has 224 valence electrons. The number of thiophene rings is 4. The van der Waals surface area contributed by atoms with E-state index in [1.54, 1.807) is 45.3 Å². The second-order valence-electron chi connectivity index (χ2n) is 11.3. The quantitative estimate of drug-likeness (QED) is 0.0938. The second kappa shape index (κ2) is 15.4. The van der Waals surface area contributed by atoms with Gasteiger partial charge in [-0.15, -0.1) is 45.3 Å². The molecule has 4 aromatic rings. The predicted molar refractivity (Wildman–Crippen MR) is 191 cm³/mol. The number of rotatable bonds is 16. The lowest BCUT2D eigenvalue weighted by Crippen LogP contribution is -2.18. The highest BCUT2D eigenvalue weighted by Gasteiger charge is 2.39. The van der Waals surface area contributed by atoms with Gasteiger partial charge in [0.25, 0.3) is 0 Å². The molecule has 4 aromatic heterocycles. The highest BCUT2D eigenvalue weighted by Crippen LogP contribution is 2.51. The molecule has 1 aliphatic carbocycles. The zero-order valence-electron chi connectivity index (χ0n) is 24.4. The first-order chi connectivity index (χ1) is 20.4. The smallest absolute Gasteiger partial charge is 0.205 e. The number of fused-ring (bicyclic) bond motifs is 2.